The van der Waals surface area contributed by atoms with E-state index in [0.717, 1.165) is 4.47 Å². The smallest absolute Gasteiger partial charge is 0.412 e. The number of ether oxygens (including phenoxy) is 3. The molecule has 9 nitrogen and oxygen atoms in total. The van der Waals surface area contributed by atoms with E-state index < -0.39 is 18.3 Å². The second-order valence-corrected chi connectivity index (χ2v) is 10.5. The Bertz CT molecular complexity index is 1530. The van der Waals surface area contributed by atoms with Gasteiger partial charge in [0.15, 0.2) is 6.10 Å². The highest BCUT2D eigenvalue weighted by molar-refractivity contribution is 9.10. The quantitative estimate of drug-likeness (QED) is 0.0837. The van der Waals surface area contributed by atoms with Crippen LogP contribution in [0.2, 0.25) is 0 Å². The third-order valence-corrected chi connectivity index (χ3v) is 6.87. The van der Waals surface area contributed by atoms with Gasteiger partial charge in [0.05, 0.1) is 18.0 Å². The number of carbonyl (C=O) groups excluding carboxylic acids is 2. The zero-order valence-electron chi connectivity index (χ0n) is 23.9. The summed E-state index contributed by atoms with van der Waals surface area (Å²) in [5, 5.41) is 14.8. The molecule has 0 saturated heterocycles. The van der Waals surface area contributed by atoms with Crippen LogP contribution >= 0.6 is 15.9 Å². The molecular weight excluding hydrogens is 626 g/mol. The number of carbonyl (C=O) groups is 2. The summed E-state index contributed by atoms with van der Waals surface area (Å²) in [6.45, 7) is -0.0270. The normalized spacial score (nSPS) is 12.2. The molecule has 0 aromatic heterocycles. The van der Waals surface area contributed by atoms with Gasteiger partial charge in [-0.1, -0.05) is 64.5 Å². The minimum atomic E-state index is -0.866. The summed E-state index contributed by atoms with van der Waals surface area (Å²) < 4.78 is 18.9. The first-order valence-electron chi connectivity index (χ1n) is 14.0. The minimum absolute atomic E-state index is 0.116. The fraction of sp³-hybridized carbons (Fsp3) is 0.176. The van der Waals surface area contributed by atoms with Crippen LogP contribution in [0.3, 0.4) is 0 Å². The molecule has 0 radical (unpaired) electrons. The Morgan fingerprint density at radius 3 is 2.36 bits per heavy atom. The lowest BCUT2D eigenvalue weighted by Crippen LogP contribution is -2.31. The van der Waals surface area contributed by atoms with E-state index in [2.05, 4.69) is 26.6 Å². The Hall–Kier alpha value is -4.80. The summed E-state index contributed by atoms with van der Waals surface area (Å²) in [6, 6.07) is 30.5. The third kappa shape index (κ3) is 10.2. The van der Waals surface area contributed by atoms with Crippen molar-refractivity contribution in [2.45, 2.75) is 25.0 Å². The number of anilines is 3. The van der Waals surface area contributed by atoms with E-state index in [1.54, 1.807) is 60.7 Å². The Balaban J connectivity index is 1.56. The van der Waals surface area contributed by atoms with Crippen molar-refractivity contribution in [1.82, 2.24) is 0 Å². The first kappa shape index (κ1) is 32.1. The monoisotopic (exact) mass is 659 g/mol. The average molecular weight is 661 g/mol. The number of benzene rings is 4. The number of allylic oxidation sites excluding steroid dienone is 1. The van der Waals surface area contributed by atoms with Crippen LogP contribution in [0, 0.1) is 0 Å². The highest BCUT2D eigenvalue weighted by Crippen LogP contribution is 2.31. The fourth-order valence-corrected chi connectivity index (χ4v) is 4.55. The number of amides is 2. The highest BCUT2D eigenvalue weighted by Gasteiger charge is 2.29. The van der Waals surface area contributed by atoms with Crippen LogP contribution < -0.4 is 25.8 Å². The molecule has 0 unspecified atom stereocenters. The second-order valence-electron chi connectivity index (χ2n) is 9.63. The molecule has 0 saturated carbocycles. The molecule has 0 aliphatic carbocycles. The van der Waals surface area contributed by atoms with Gasteiger partial charge in [-0.15, -0.1) is 0 Å². The summed E-state index contributed by atoms with van der Waals surface area (Å²) in [5.74, 6) is 0.779. The number of nitrogen functional groups attached to an aromatic ring is 1. The molecule has 5 N–H and O–H groups in total. The number of aliphatic hydroxyl groups excluding tert-OH is 1. The molecule has 0 aliphatic heterocycles. The van der Waals surface area contributed by atoms with Crippen molar-refractivity contribution in [2.75, 3.05) is 29.6 Å². The summed E-state index contributed by atoms with van der Waals surface area (Å²) in [5.41, 5.74) is 8.12. The standard InChI is InChI=1S/C34H34BrN3O6/c35-25-17-19-26(20-18-25)37-34(41)44-33(24-9-8-12-28(23-24)42-22-21-39)31(43-27-10-2-1-3-11-27)15-6-7-16-32(40)38-30-14-5-4-13-29(30)36/h1-5,7-14,16-20,23,31,33,39H,6,15,21-22,36H2,(H,37,41)(H,38,40)/b16-7+/t31-,33-/m1/s1. The largest absolute Gasteiger partial charge is 0.491 e. The molecule has 10 heteroatoms. The van der Waals surface area contributed by atoms with Gasteiger partial charge in [0, 0.05) is 10.2 Å². The van der Waals surface area contributed by atoms with Gasteiger partial charge in [0.2, 0.25) is 5.91 Å². The maximum Gasteiger partial charge on any atom is 0.412 e. The number of nitrogens with one attached hydrogen (secondary N) is 2. The van der Waals surface area contributed by atoms with Crippen molar-refractivity contribution in [3.05, 3.63) is 125 Å². The molecule has 4 aromatic carbocycles. The summed E-state index contributed by atoms with van der Waals surface area (Å²) in [4.78, 5) is 25.7. The molecule has 4 rings (SSSR count). The predicted molar refractivity (Wildman–Crippen MR) is 175 cm³/mol. The molecule has 44 heavy (non-hydrogen) atoms. The Morgan fingerprint density at radius 1 is 0.886 bits per heavy atom. The number of hydrogen-bond acceptors (Lipinski definition) is 7. The van der Waals surface area contributed by atoms with Crippen LogP contribution in [0.4, 0.5) is 21.9 Å². The van der Waals surface area contributed by atoms with Gasteiger partial charge < -0.3 is 30.4 Å². The first-order valence-corrected chi connectivity index (χ1v) is 14.8. The van der Waals surface area contributed by atoms with Crippen LogP contribution in [0.5, 0.6) is 11.5 Å². The topological polar surface area (TPSA) is 132 Å². The number of rotatable bonds is 14. The third-order valence-electron chi connectivity index (χ3n) is 6.35. The predicted octanol–water partition coefficient (Wildman–Crippen LogP) is 7.11. The fourth-order valence-electron chi connectivity index (χ4n) is 4.28. The van der Waals surface area contributed by atoms with Crippen molar-refractivity contribution >= 4 is 45.0 Å². The van der Waals surface area contributed by atoms with Crippen molar-refractivity contribution < 1.29 is 28.9 Å². The maximum absolute atomic E-state index is 13.2. The van der Waals surface area contributed by atoms with Crippen molar-refractivity contribution in [3.8, 4) is 11.5 Å². The van der Waals surface area contributed by atoms with E-state index >= 15 is 0 Å². The first-order chi connectivity index (χ1) is 21.4. The number of para-hydroxylation sites is 3. The van der Waals surface area contributed by atoms with Gasteiger partial charge in [-0.05, 0) is 85.1 Å². The molecule has 4 aromatic rings. The Morgan fingerprint density at radius 2 is 1.61 bits per heavy atom. The SMILES string of the molecule is Nc1ccccc1NC(=O)/C=C/CC[C@@H](Oc1ccccc1)[C@H](OC(=O)Nc1ccc(Br)cc1)c1cccc(OCCO)c1. The van der Waals surface area contributed by atoms with Crippen LogP contribution in [0.1, 0.15) is 24.5 Å². The van der Waals surface area contributed by atoms with Crippen molar-refractivity contribution in [2.24, 2.45) is 0 Å². The van der Waals surface area contributed by atoms with Gasteiger partial charge in [0.1, 0.15) is 24.2 Å². The van der Waals surface area contributed by atoms with Crippen LogP contribution in [0.15, 0.2) is 120 Å². The van der Waals surface area contributed by atoms with Crippen LogP contribution in [-0.4, -0.2) is 36.4 Å². The Labute approximate surface area is 264 Å². The second kappa shape index (κ2) is 16.7. The lowest BCUT2D eigenvalue weighted by molar-refractivity contribution is -0.111. The number of aliphatic hydroxyl groups is 1. The van der Waals surface area contributed by atoms with E-state index in [9.17, 15) is 14.7 Å². The molecule has 0 fully saturated rings. The van der Waals surface area contributed by atoms with Gasteiger partial charge >= 0.3 is 6.09 Å². The highest BCUT2D eigenvalue weighted by atomic mass is 79.9. The molecule has 0 bridgehead atoms. The summed E-state index contributed by atoms with van der Waals surface area (Å²) in [7, 11) is 0. The zero-order valence-corrected chi connectivity index (χ0v) is 25.5. The molecule has 228 valence electrons. The van der Waals surface area contributed by atoms with E-state index in [1.807, 2.05) is 48.5 Å². The number of halogens is 1. The molecular formula is C34H34BrN3O6. The van der Waals surface area contributed by atoms with Gasteiger partial charge in [-0.3, -0.25) is 10.1 Å². The number of hydrogen-bond donors (Lipinski definition) is 4. The summed E-state index contributed by atoms with van der Waals surface area (Å²) in [6.07, 6.45) is 1.80. The molecule has 0 heterocycles. The van der Waals surface area contributed by atoms with E-state index in [4.69, 9.17) is 19.9 Å². The van der Waals surface area contributed by atoms with Gasteiger partial charge in [-0.25, -0.2) is 4.79 Å². The van der Waals surface area contributed by atoms with Gasteiger partial charge in [0.25, 0.3) is 0 Å². The van der Waals surface area contributed by atoms with Gasteiger partial charge in [-0.2, -0.15) is 0 Å². The van der Waals surface area contributed by atoms with E-state index in [0.29, 0.717) is 47.0 Å². The zero-order chi connectivity index (χ0) is 31.1. The van der Waals surface area contributed by atoms with Crippen LogP contribution in [-0.2, 0) is 9.53 Å². The molecule has 0 spiro atoms. The van der Waals surface area contributed by atoms with Crippen LogP contribution in [0.25, 0.3) is 0 Å². The van der Waals surface area contributed by atoms with Crippen molar-refractivity contribution in [3.63, 3.8) is 0 Å². The Kier molecular flexibility index (Phi) is 12.2. The minimum Gasteiger partial charge on any atom is -0.491 e. The maximum atomic E-state index is 13.2. The molecule has 2 amide bonds. The average Bonchev–Trinajstić information content (AvgIpc) is 3.03. The van der Waals surface area contributed by atoms with Crippen molar-refractivity contribution in [1.29, 1.82) is 0 Å². The van der Waals surface area contributed by atoms with E-state index in [1.165, 1.54) is 6.08 Å². The number of nitrogens with two attached hydrogens (primary N) is 1. The lowest BCUT2D eigenvalue weighted by Gasteiger charge is -2.28. The van der Waals surface area contributed by atoms with E-state index in [-0.39, 0.29) is 19.1 Å². The molecule has 2 atom stereocenters. The lowest BCUT2D eigenvalue weighted by atomic mass is 9.99. The summed E-state index contributed by atoms with van der Waals surface area (Å²) >= 11 is 3.39. The molecule has 0 aliphatic rings.